The summed E-state index contributed by atoms with van der Waals surface area (Å²) in [5, 5.41) is 2.87. The second-order valence-electron chi connectivity index (χ2n) is 4.87. The molecule has 0 radical (unpaired) electrons. The first-order chi connectivity index (χ1) is 9.06. The third-order valence-electron chi connectivity index (χ3n) is 3.16. The largest absolute Gasteiger partial charge is 0.372 e. The summed E-state index contributed by atoms with van der Waals surface area (Å²) in [7, 11) is 3.55. The van der Waals surface area contributed by atoms with E-state index in [0.29, 0.717) is 17.8 Å². The third-order valence-corrected chi connectivity index (χ3v) is 3.16. The number of hydrogen-bond donors (Lipinski definition) is 1. The van der Waals surface area contributed by atoms with Crippen LogP contribution >= 0.6 is 0 Å². The van der Waals surface area contributed by atoms with Crippen molar-refractivity contribution >= 4 is 5.69 Å². The van der Waals surface area contributed by atoms with Crippen molar-refractivity contribution in [3.05, 3.63) is 28.8 Å². The van der Waals surface area contributed by atoms with Crippen molar-refractivity contribution in [2.24, 2.45) is 0 Å². The van der Waals surface area contributed by atoms with Crippen LogP contribution in [-0.2, 0) is 13.0 Å². The minimum atomic E-state index is -0.729. The highest BCUT2D eigenvalue weighted by molar-refractivity contribution is 5.56. The fourth-order valence-corrected chi connectivity index (χ4v) is 2.37. The number of nitrogens with one attached hydrogen (secondary N) is 1. The molecule has 0 bridgehead atoms. The van der Waals surface area contributed by atoms with Gasteiger partial charge in [0.05, 0.1) is 5.69 Å². The molecule has 0 spiro atoms. The molecule has 0 atom stereocenters. The zero-order valence-electron chi connectivity index (χ0n) is 12.3. The second-order valence-corrected chi connectivity index (χ2v) is 4.87. The summed E-state index contributed by atoms with van der Waals surface area (Å²) >= 11 is 0. The Morgan fingerprint density at radius 2 is 1.79 bits per heavy atom. The molecule has 4 heteroatoms. The lowest BCUT2D eigenvalue weighted by molar-refractivity contribution is 0.493. The molecular weight excluding hydrogens is 246 g/mol. The topological polar surface area (TPSA) is 15.3 Å². The maximum absolute atomic E-state index is 14.3. The van der Waals surface area contributed by atoms with Gasteiger partial charge in [0.25, 0.3) is 0 Å². The van der Waals surface area contributed by atoms with Gasteiger partial charge in [-0.2, -0.15) is 0 Å². The number of halogens is 2. The molecular formula is C15H24F2N2. The summed E-state index contributed by atoms with van der Waals surface area (Å²) in [6.07, 6.45) is 2.58. The van der Waals surface area contributed by atoms with Crippen LogP contribution in [0.4, 0.5) is 14.5 Å². The fraction of sp³-hybridized carbons (Fsp3) is 0.600. The van der Waals surface area contributed by atoms with Gasteiger partial charge >= 0.3 is 0 Å². The third kappa shape index (κ3) is 3.66. The maximum Gasteiger partial charge on any atom is 0.182 e. The first kappa shape index (κ1) is 15.9. The van der Waals surface area contributed by atoms with Gasteiger partial charge in [-0.3, -0.25) is 0 Å². The molecule has 0 unspecified atom stereocenters. The zero-order valence-corrected chi connectivity index (χ0v) is 12.3. The highest BCUT2D eigenvalue weighted by atomic mass is 19.2. The number of hydrogen-bond acceptors (Lipinski definition) is 2. The van der Waals surface area contributed by atoms with Crippen LogP contribution in [0.2, 0.25) is 0 Å². The summed E-state index contributed by atoms with van der Waals surface area (Å²) in [6.45, 7) is 5.14. The quantitative estimate of drug-likeness (QED) is 0.816. The van der Waals surface area contributed by atoms with Crippen LogP contribution in [0, 0.1) is 11.6 Å². The van der Waals surface area contributed by atoms with Gasteiger partial charge < -0.3 is 10.2 Å². The van der Waals surface area contributed by atoms with E-state index in [4.69, 9.17) is 0 Å². The average Bonchev–Trinajstić information content (AvgIpc) is 2.36. The Morgan fingerprint density at radius 3 is 2.32 bits per heavy atom. The van der Waals surface area contributed by atoms with Crippen molar-refractivity contribution in [1.82, 2.24) is 5.32 Å². The molecule has 0 aromatic heterocycles. The molecule has 0 fully saturated rings. The standard InChI is InChI=1S/C15H24F2N2/c1-5-7-11-9-12(10-18-3)13(16)14(17)15(11)19(4)8-6-2/h9,18H,5-8,10H2,1-4H3. The van der Waals surface area contributed by atoms with E-state index in [1.807, 2.05) is 25.8 Å². The Balaban J connectivity index is 3.30. The summed E-state index contributed by atoms with van der Waals surface area (Å²) in [5.41, 5.74) is 1.71. The van der Waals surface area contributed by atoms with Crippen LogP contribution in [0.3, 0.4) is 0 Å². The number of anilines is 1. The van der Waals surface area contributed by atoms with Crippen LogP contribution in [0.5, 0.6) is 0 Å². The van der Waals surface area contributed by atoms with Gasteiger partial charge in [0.2, 0.25) is 0 Å². The Morgan fingerprint density at radius 1 is 1.11 bits per heavy atom. The molecule has 1 N–H and O–H groups in total. The van der Waals surface area contributed by atoms with E-state index >= 15 is 0 Å². The van der Waals surface area contributed by atoms with Crippen LogP contribution in [0.15, 0.2) is 6.07 Å². The Bertz CT molecular complexity index is 419. The number of aryl methyl sites for hydroxylation is 1. The number of benzene rings is 1. The highest BCUT2D eigenvalue weighted by Crippen LogP contribution is 2.29. The van der Waals surface area contributed by atoms with E-state index in [9.17, 15) is 8.78 Å². The van der Waals surface area contributed by atoms with Gasteiger partial charge in [-0.15, -0.1) is 0 Å². The van der Waals surface area contributed by atoms with Gasteiger partial charge in [0.1, 0.15) is 0 Å². The molecule has 108 valence electrons. The first-order valence-corrected chi connectivity index (χ1v) is 6.92. The molecule has 2 nitrogen and oxygen atoms in total. The van der Waals surface area contributed by atoms with E-state index in [1.165, 1.54) is 0 Å². The average molecular weight is 270 g/mol. The van der Waals surface area contributed by atoms with Crippen molar-refractivity contribution in [2.75, 3.05) is 25.5 Å². The Kier molecular flexibility index (Phi) is 6.22. The smallest absolute Gasteiger partial charge is 0.182 e. The predicted octanol–water partition coefficient (Wildman–Crippen LogP) is 3.48. The summed E-state index contributed by atoms with van der Waals surface area (Å²) < 4.78 is 28.3. The molecule has 0 aliphatic heterocycles. The zero-order chi connectivity index (χ0) is 14.4. The first-order valence-electron chi connectivity index (χ1n) is 6.92. The van der Waals surface area contributed by atoms with Crippen LogP contribution in [0.1, 0.15) is 37.8 Å². The van der Waals surface area contributed by atoms with Crippen LogP contribution in [-0.4, -0.2) is 20.6 Å². The van der Waals surface area contributed by atoms with Gasteiger partial charge in [-0.05, 0) is 31.5 Å². The van der Waals surface area contributed by atoms with Crippen LogP contribution < -0.4 is 10.2 Å². The molecule has 0 heterocycles. The molecule has 0 aliphatic rings. The van der Waals surface area contributed by atoms with E-state index in [-0.39, 0.29) is 0 Å². The summed E-state index contributed by atoms with van der Waals surface area (Å²) in [4.78, 5) is 1.81. The maximum atomic E-state index is 14.3. The van der Waals surface area contributed by atoms with Crippen molar-refractivity contribution in [1.29, 1.82) is 0 Å². The molecule has 19 heavy (non-hydrogen) atoms. The van der Waals surface area contributed by atoms with Gasteiger partial charge in [-0.25, -0.2) is 8.78 Å². The number of rotatable bonds is 7. The normalized spacial score (nSPS) is 10.8. The fourth-order valence-electron chi connectivity index (χ4n) is 2.37. The lowest BCUT2D eigenvalue weighted by atomic mass is 10.0. The van der Waals surface area contributed by atoms with E-state index in [2.05, 4.69) is 5.32 Å². The minimum Gasteiger partial charge on any atom is -0.372 e. The highest BCUT2D eigenvalue weighted by Gasteiger charge is 2.20. The van der Waals surface area contributed by atoms with Crippen molar-refractivity contribution < 1.29 is 8.78 Å². The van der Waals surface area contributed by atoms with Crippen LogP contribution in [0.25, 0.3) is 0 Å². The molecule has 0 saturated carbocycles. The predicted molar refractivity (Wildman–Crippen MR) is 76.7 cm³/mol. The number of nitrogens with zero attached hydrogens (tertiary/aromatic N) is 1. The molecule has 0 amide bonds. The van der Waals surface area contributed by atoms with Gasteiger partial charge in [-0.1, -0.05) is 20.3 Å². The molecule has 1 aromatic carbocycles. The van der Waals surface area contributed by atoms with E-state index < -0.39 is 11.6 Å². The van der Waals surface area contributed by atoms with Gasteiger partial charge in [0.15, 0.2) is 11.6 Å². The Labute approximate surface area is 114 Å². The summed E-state index contributed by atoms with van der Waals surface area (Å²) in [5.74, 6) is -1.45. The lowest BCUT2D eigenvalue weighted by Crippen LogP contribution is -2.22. The minimum absolute atomic E-state index is 0.344. The molecule has 1 aromatic rings. The van der Waals surface area contributed by atoms with Gasteiger partial charge in [0, 0.05) is 25.7 Å². The lowest BCUT2D eigenvalue weighted by Gasteiger charge is -2.24. The second kappa shape index (κ2) is 7.43. The van der Waals surface area contributed by atoms with Crippen molar-refractivity contribution in [2.45, 2.75) is 39.7 Å². The molecule has 0 saturated heterocycles. The molecule has 1 rings (SSSR count). The van der Waals surface area contributed by atoms with Crippen molar-refractivity contribution in [3.8, 4) is 0 Å². The van der Waals surface area contributed by atoms with E-state index in [1.54, 1.807) is 13.1 Å². The monoisotopic (exact) mass is 270 g/mol. The molecule has 0 aliphatic carbocycles. The summed E-state index contributed by atoms with van der Waals surface area (Å²) in [6, 6.07) is 1.79. The van der Waals surface area contributed by atoms with E-state index in [0.717, 1.165) is 31.4 Å². The SMILES string of the molecule is CCCc1cc(CNC)c(F)c(F)c1N(C)CCC. The Hall–Kier alpha value is -1.16. The van der Waals surface area contributed by atoms with Crippen molar-refractivity contribution in [3.63, 3.8) is 0 Å².